The third kappa shape index (κ3) is 2.81. The molecule has 0 aromatic heterocycles. The van der Waals surface area contributed by atoms with Crippen molar-refractivity contribution in [2.24, 2.45) is 5.92 Å². The van der Waals surface area contributed by atoms with E-state index < -0.39 is 5.60 Å². The second-order valence-electron chi connectivity index (χ2n) is 4.69. The summed E-state index contributed by atoms with van der Waals surface area (Å²) in [6.07, 6.45) is 6.24. The van der Waals surface area contributed by atoms with Crippen molar-refractivity contribution < 1.29 is 9.53 Å². The Balaban J connectivity index is 2.66. The Morgan fingerprint density at radius 3 is 2.40 bits per heavy atom. The summed E-state index contributed by atoms with van der Waals surface area (Å²) in [7, 11) is 0. The molecular formula is C13H24O2. The first kappa shape index (κ1) is 12.7. The van der Waals surface area contributed by atoms with Gasteiger partial charge < -0.3 is 4.74 Å². The molecule has 1 aliphatic carbocycles. The normalized spacial score (nSPS) is 21.5. The van der Waals surface area contributed by atoms with Crippen LogP contribution >= 0.6 is 0 Å². The van der Waals surface area contributed by atoms with Crippen molar-refractivity contribution in [2.45, 2.75) is 64.9 Å². The van der Waals surface area contributed by atoms with Crippen LogP contribution in [0, 0.1) is 5.92 Å². The van der Waals surface area contributed by atoms with Gasteiger partial charge in [-0.15, -0.1) is 0 Å². The minimum atomic E-state index is -0.413. The molecule has 0 aromatic carbocycles. The van der Waals surface area contributed by atoms with Gasteiger partial charge in [-0.1, -0.05) is 20.3 Å². The average Bonchev–Trinajstić information content (AvgIpc) is 2.67. The number of Topliss-reactive ketones (excluding diaryl/α,β-unsaturated/α-hetero) is 1. The number of carbonyl (C=O) groups excluding carboxylic acids is 1. The van der Waals surface area contributed by atoms with Crippen LogP contribution in [0.2, 0.25) is 0 Å². The second kappa shape index (κ2) is 5.64. The maximum atomic E-state index is 12.3. The van der Waals surface area contributed by atoms with Crippen LogP contribution in [0.1, 0.15) is 59.3 Å². The molecule has 15 heavy (non-hydrogen) atoms. The van der Waals surface area contributed by atoms with Crippen molar-refractivity contribution in [3.05, 3.63) is 0 Å². The first-order valence-corrected chi connectivity index (χ1v) is 6.34. The van der Waals surface area contributed by atoms with Gasteiger partial charge in [0, 0.05) is 12.5 Å². The van der Waals surface area contributed by atoms with E-state index in [4.69, 9.17) is 4.74 Å². The van der Waals surface area contributed by atoms with Crippen molar-refractivity contribution >= 4 is 5.78 Å². The molecule has 1 atom stereocenters. The number of carbonyl (C=O) groups is 1. The summed E-state index contributed by atoms with van der Waals surface area (Å²) in [6.45, 7) is 6.82. The van der Waals surface area contributed by atoms with Gasteiger partial charge in [-0.3, -0.25) is 4.79 Å². The smallest absolute Gasteiger partial charge is 0.167 e. The van der Waals surface area contributed by atoms with Crippen LogP contribution in [0.15, 0.2) is 0 Å². The Kier molecular flexibility index (Phi) is 4.78. The van der Waals surface area contributed by atoms with Gasteiger partial charge in [0.05, 0.1) is 0 Å². The summed E-state index contributed by atoms with van der Waals surface area (Å²) in [6, 6.07) is 0. The molecule has 0 amide bonds. The molecule has 0 bridgehead atoms. The first-order valence-electron chi connectivity index (χ1n) is 6.34. The molecule has 0 saturated heterocycles. The monoisotopic (exact) mass is 212 g/mol. The predicted octanol–water partition coefficient (Wildman–Crippen LogP) is 3.34. The lowest BCUT2D eigenvalue weighted by atomic mass is 9.86. The molecule has 1 fully saturated rings. The number of hydrogen-bond acceptors (Lipinski definition) is 2. The van der Waals surface area contributed by atoms with E-state index in [0.29, 0.717) is 12.4 Å². The molecule has 1 saturated carbocycles. The third-order valence-corrected chi connectivity index (χ3v) is 3.45. The van der Waals surface area contributed by atoms with Gasteiger partial charge in [0.15, 0.2) is 5.78 Å². The lowest BCUT2D eigenvalue weighted by Gasteiger charge is -2.30. The highest BCUT2D eigenvalue weighted by molar-refractivity contribution is 5.89. The fraction of sp³-hybridized carbons (Fsp3) is 0.923. The van der Waals surface area contributed by atoms with Crippen LogP contribution in [0.3, 0.4) is 0 Å². The van der Waals surface area contributed by atoms with E-state index in [1.165, 1.54) is 0 Å². The van der Waals surface area contributed by atoms with Crippen LogP contribution in [0.4, 0.5) is 0 Å². The quantitative estimate of drug-likeness (QED) is 0.675. The van der Waals surface area contributed by atoms with E-state index in [1.54, 1.807) is 0 Å². The summed E-state index contributed by atoms with van der Waals surface area (Å²) in [4.78, 5) is 12.3. The SMILES string of the molecule is CCCC(C)C(=O)C1(OCC)CCCC1. The Bertz CT molecular complexity index is 205. The third-order valence-electron chi connectivity index (χ3n) is 3.45. The van der Waals surface area contributed by atoms with Gasteiger partial charge in [-0.05, 0) is 39.0 Å². The van der Waals surface area contributed by atoms with Crippen molar-refractivity contribution in [3.8, 4) is 0 Å². The standard InChI is InChI=1S/C13H24O2/c1-4-8-11(3)12(14)13(15-5-2)9-6-7-10-13/h11H,4-10H2,1-3H3. The fourth-order valence-corrected chi connectivity index (χ4v) is 2.70. The minimum Gasteiger partial charge on any atom is -0.367 e. The molecule has 1 unspecified atom stereocenters. The van der Waals surface area contributed by atoms with Gasteiger partial charge in [0.1, 0.15) is 5.60 Å². The lowest BCUT2D eigenvalue weighted by molar-refractivity contribution is -0.147. The Morgan fingerprint density at radius 1 is 1.33 bits per heavy atom. The molecule has 1 rings (SSSR count). The van der Waals surface area contributed by atoms with Crippen molar-refractivity contribution in [3.63, 3.8) is 0 Å². The van der Waals surface area contributed by atoms with Crippen LogP contribution in [-0.2, 0) is 9.53 Å². The first-order chi connectivity index (χ1) is 7.16. The molecule has 0 radical (unpaired) electrons. The van der Waals surface area contributed by atoms with E-state index in [0.717, 1.165) is 38.5 Å². The zero-order valence-electron chi connectivity index (χ0n) is 10.3. The summed E-state index contributed by atoms with van der Waals surface area (Å²) >= 11 is 0. The zero-order chi connectivity index (χ0) is 11.3. The summed E-state index contributed by atoms with van der Waals surface area (Å²) in [5.74, 6) is 0.517. The molecule has 0 N–H and O–H groups in total. The largest absolute Gasteiger partial charge is 0.367 e. The number of ketones is 1. The van der Waals surface area contributed by atoms with Gasteiger partial charge in [-0.2, -0.15) is 0 Å². The van der Waals surface area contributed by atoms with E-state index >= 15 is 0 Å². The number of ether oxygens (including phenoxy) is 1. The highest BCUT2D eigenvalue weighted by Gasteiger charge is 2.43. The van der Waals surface area contributed by atoms with Crippen LogP contribution in [-0.4, -0.2) is 18.0 Å². The van der Waals surface area contributed by atoms with Gasteiger partial charge >= 0.3 is 0 Å². The Morgan fingerprint density at radius 2 is 1.93 bits per heavy atom. The molecule has 0 aliphatic heterocycles. The summed E-state index contributed by atoms with van der Waals surface area (Å²) in [5, 5.41) is 0. The molecule has 88 valence electrons. The van der Waals surface area contributed by atoms with Gasteiger partial charge in [-0.25, -0.2) is 0 Å². The number of rotatable bonds is 6. The van der Waals surface area contributed by atoms with E-state index in [2.05, 4.69) is 6.92 Å². The number of hydrogen-bond donors (Lipinski definition) is 0. The molecule has 1 aliphatic rings. The maximum Gasteiger partial charge on any atom is 0.167 e. The van der Waals surface area contributed by atoms with Crippen molar-refractivity contribution in [1.29, 1.82) is 0 Å². The molecule has 2 nitrogen and oxygen atoms in total. The molecule has 2 heteroatoms. The molecule has 0 spiro atoms. The van der Waals surface area contributed by atoms with Crippen molar-refractivity contribution in [1.82, 2.24) is 0 Å². The predicted molar refractivity (Wildman–Crippen MR) is 61.9 cm³/mol. The van der Waals surface area contributed by atoms with Crippen LogP contribution < -0.4 is 0 Å². The highest BCUT2D eigenvalue weighted by atomic mass is 16.5. The molecule has 0 aromatic rings. The Hall–Kier alpha value is -0.370. The second-order valence-corrected chi connectivity index (χ2v) is 4.69. The highest BCUT2D eigenvalue weighted by Crippen LogP contribution is 2.36. The maximum absolute atomic E-state index is 12.3. The summed E-state index contributed by atoms with van der Waals surface area (Å²) < 4.78 is 5.77. The summed E-state index contributed by atoms with van der Waals surface area (Å²) in [5.41, 5.74) is -0.413. The lowest BCUT2D eigenvalue weighted by Crippen LogP contribution is -2.42. The van der Waals surface area contributed by atoms with Gasteiger partial charge in [0.25, 0.3) is 0 Å². The zero-order valence-corrected chi connectivity index (χ0v) is 10.3. The average molecular weight is 212 g/mol. The van der Waals surface area contributed by atoms with E-state index in [1.807, 2.05) is 13.8 Å². The van der Waals surface area contributed by atoms with Gasteiger partial charge in [0.2, 0.25) is 0 Å². The Labute approximate surface area is 93.4 Å². The topological polar surface area (TPSA) is 26.3 Å². The molecular weight excluding hydrogens is 188 g/mol. The van der Waals surface area contributed by atoms with E-state index in [-0.39, 0.29) is 5.92 Å². The molecule has 0 heterocycles. The minimum absolute atomic E-state index is 0.166. The van der Waals surface area contributed by atoms with Crippen molar-refractivity contribution in [2.75, 3.05) is 6.61 Å². The van der Waals surface area contributed by atoms with Crippen LogP contribution in [0.5, 0.6) is 0 Å². The fourth-order valence-electron chi connectivity index (χ4n) is 2.70. The van der Waals surface area contributed by atoms with E-state index in [9.17, 15) is 4.79 Å². The van der Waals surface area contributed by atoms with Crippen LogP contribution in [0.25, 0.3) is 0 Å².